The van der Waals surface area contributed by atoms with E-state index in [-0.39, 0.29) is 5.84 Å². The third-order valence-electron chi connectivity index (χ3n) is 2.53. The summed E-state index contributed by atoms with van der Waals surface area (Å²) >= 11 is 0. The Kier molecular flexibility index (Phi) is 2.15. The van der Waals surface area contributed by atoms with Crippen molar-refractivity contribution in [3.05, 3.63) is 17.5 Å². The molecule has 3 N–H and O–H groups in total. The maximum Gasteiger partial charge on any atom is 0.173 e. The second kappa shape index (κ2) is 3.32. The molecule has 1 aliphatic carbocycles. The van der Waals surface area contributed by atoms with Crippen LogP contribution >= 0.6 is 0 Å². The van der Waals surface area contributed by atoms with Gasteiger partial charge in [0.2, 0.25) is 0 Å². The summed E-state index contributed by atoms with van der Waals surface area (Å²) in [5.74, 6) is 0.708. The Bertz CT molecular complexity index is 365. The molecule has 0 saturated heterocycles. The van der Waals surface area contributed by atoms with E-state index in [1.807, 2.05) is 11.6 Å². The second-order valence-electron chi connectivity index (χ2n) is 3.52. The molecule has 1 saturated carbocycles. The third kappa shape index (κ3) is 1.34. The highest BCUT2D eigenvalue weighted by atomic mass is 16.4. The lowest BCUT2D eigenvalue weighted by Gasteiger charge is -2.04. The normalized spacial score (nSPS) is 17.4. The van der Waals surface area contributed by atoms with Gasteiger partial charge < -0.3 is 10.9 Å². The predicted octanol–water partition coefficient (Wildman–Crippen LogP) is 0.875. The molecule has 2 rings (SSSR count). The Morgan fingerprint density at radius 2 is 2.50 bits per heavy atom. The number of oxime groups is 1. The number of nitrogens with two attached hydrogens (primary N) is 1. The molecule has 0 unspecified atom stereocenters. The lowest BCUT2D eigenvalue weighted by atomic mass is 10.1. The van der Waals surface area contributed by atoms with Crippen molar-refractivity contribution in [3.63, 3.8) is 0 Å². The SMILES string of the molecule is CCn1ncc(/C(N)=N\O)c1C1CC1. The van der Waals surface area contributed by atoms with E-state index in [0.717, 1.165) is 17.8 Å². The zero-order chi connectivity index (χ0) is 10.1. The largest absolute Gasteiger partial charge is 0.409 e. The molecule has 1 aromatic heterocycles. The van der Waals surface area contributed by atoms with Crippen LogP contribution in [0.2, 0.25) is 0 Å². The van der Waals surface area contributed by atoms with Crippen LogP contribution < -0.4 is 5.73 Å². The van der Waals surface area contributed by atoms with Crippen molar-refractivity contribution in [1.82, 2.24) is 9.78 Å². The molecule has 0 radical (unpaired) electrons. The molecule has 0 aromatic carbocycles. The summed E-state index contributed by atoms with van der Waals surface area (Å²) in [6.45, 7) is 2.86. The molecule has 1 fully saturated rings. The lowest BCUT2D eigenvalue weighted by molar-refractivity contribution is 0.318. The molecule has 0 bridgehead atoms. The first-order valence-electron chi connectivity index (χ1n) is 4.81. The van der Waals surface area contributed by atoms with Crippen LogP contribution in [0.3, 0.4) is 0 Å². The Labute approximate surface area is 82.2 Å². The standard InChI is InChI=1S/C9H14N4O/c1-2-13-8(6-3-4-6)7(5-11-13)9(10)12-14/h5-6,14H,2-4H2,1H3,(H2,10,12). The van der Waals surface area contributed by atoms with Gasteiger partial charge in [-0.05, 0) is 19.8 Å². The van der Waals surface area contributed by atoms with Crippen molar-refractivity contribution >= 4 is 5.84 Å². The number of nitrogens with zero attached hydrogens (tertiary/aromatic N) is 3. The summed E-state index contributed by atoms with van der Waals surface area (Å²) in [6, 6.07) is 0. The third-order valence-corrected chi connectivity index (χ3v) is 2.53. The molecule has 76 valence electrons. The monoisotopic (exact) mass is 194 g/mol. The summed E-state index contributed by atoms with van der Waals surface area (Å²) in [4.78, 5) is 0. The van der Waals surface area contributed by atoms with Crippen LogP contribution in [0.4, 0.5) is 0 Å². The van der Waals surface area contributed by atoms with E-state index >= 15 is 0 Å². The van der Waals surface area contributed by atoms with Gasteiger partial charge in [-0.25, -0.2) is 0 Å². The summed E-state index contributed by atoms with van der Waals surface area (Å²) in [5, 5.41) is 15.9. The Morgan fingerprint density at radius 3 is 3.00 bits per heavy atom. The lowest BCUT2D eigenvalue weighted by Crippen LogP contribution is -2.15. The zero-order valence-electron chi connectivity index (χ0n) is 8.14. The first-order valence-corrected chi connectivity index (χ1v) is 4.81. The molecule has 0 aliphatic heterocycles. The number of rotatable bonds is 3. The average Bonchev–Trinajstić information content (AvgIpc) is 2.96. The van der Waals surface area contributed by atoms with Gasteiger partial charge in [-0.3, -0.25) is 4.68 Å². The van der Waals surface area contributed by atoms with Crippen LogP contribution in [0, 0.1) is 0 Å². The highest BCUT2D eigenvalue weighted by Crippen LogP contribution is 2.41. The molecule has 14 heavy (non-hydrogen) atoms. The van der Waals surface area contributed by atoms with E-state index in [4.69, 9.17) is 10.9 Å². The van der Waals surface area contributed by atoms with Gasteiger partial charge in [0.1, 0.15) is 0 Å². The molecule has 5 nitrogen and oxygen atoms in total. The van der Waals surface area contributed by atoms with Crippen molar-refractivity contribution in [2.24, 2.45) is 10.9 Å². The van der Waals surface area contributed by atoms with Crippen LogP contribution in [0.5, 0.6) is 0 Å². The maximum atomic E-state index is 8.62. The molecule has 1 heterocycles. The highest BCUT2D eigenvalue weighted by molar-refractivity contribution is 5.98. The van der Waals surface area contributed by atoms with Gasteiger partial charge in [0, 0.05) is 12.5 Å². The van der Waals surface area contributed by atoms with Crippen LogP contribution in [0.1, 0.15) is 36.9 Å². The van der Waals surface area contributed by atoms with Gasteiger partial charge in [-0.15, -0.1) is 0 Å². The molecular weight excluding hydrogens is 180 g/mol. The fraction of sp³-hybridized carbons (Fsp3) is 0.556. The highest BCUT2D eigenvalue weighted by Gasteiger charge is 2.30. The van der Waals surface area contributed by atoms with Gasteiger partial charge in [0.25, 0.3) is 0 Å². The van der Waals surface area contributed by atoms with Gasteiger partial charge in [0.05, 0.1) is 17.5 Å². The summed E-state index contributed by atoms with van der Waals surface area (Å²) in [5.41, 5.74) is 7.46. The summed E-state index contributed by atoms with van der Waals surface area (Å²) in [6.07, 6.45) is 4.03. The topological polar surface area (TPSA) is 76.4 Å². The number of amidine groups is 1. The fourth-order valence-corrected chi connectivity index (χ4v) is 1.69. The van der Waals surface area contributed by atoms with Crippen molar-refractivity contribution < 1.29 is 5.21 Å². The minimum atomic E-state index is 0.159. The van der Waals surface area contributed by atoms with Crippen molar-refractivity contribution in [2.45, 2.75) is 32.2 Å². The minimum absolute atomic E-state index is 0.159. The van der Waals surface area contributed by atoms with E-state index in [1.165, 1.54) is 12.8 Å². The number of aromatic nitrogens is 2. The van der Waals surface area contributed by atoms with Crippen LogP contribution in [0.15, 0.2) is 11.4 Å². The van der Waals surface area contributed by atoms with Crippen LogP contribution in [-0.4, -0.2) is 20.8 Å². The van der Waals surface area contributed by atoms with E-state index in [9.17, 15) is 0 Å². The second-order valence-corrected chi connectivity index (χ2v) is 3.52. The fourth-order valence-electron chi connectivity index (χ4n) is 1.69. The molecule has 0 spiro atoms. The van der Waals surface area contributed by atoms with Crippen molar-refractivity contribution in [3.8, 4) is 0 Å². The summed E-state index contributed by atoms with van der Waals surface area (Å²) in [7, 11) is 0. The van der Waals surface area contributed by atoms with Gasteiger partial charge >= 0.3 is 0 Å². The van der Waals surface area contributed by atoms with E-state index in [1.54, 1.807) is 6.20 Å². The van der Waals surface area contributed by atoms with E-state index in [2.05, 4.69) is 10.3 Å². The van der Waals surface area contributed by atoms with Gasteiger partial charge in [-0.1, -0.05) is 5.16 Å². The predicted molar refractivity (Wildman–Crippen MR) is 52.4 cm³/mol. The molecular formula is C9H14N4O. The molecule has 1 aromatic rings. The first-order chi connectivity index (χ1) is 6.77. The van der Waals surface area contributed by atoms with E-state index in [0.29, 0.717) is 5.92 Å². The first kappa shape index (κ1) is 9.05. The number of hydrogen-bond acceptors (Lipinski definition) is 3. The molecule has 0 amide bonds. The van der Waals surface area contributed by atoms with Gasteiger partial charge in [0.15, 0.2) is 5.84 Å². The van der Waals surface area contributed by atoms with Crippen molar-refractivity contribution in [1.29, 1.82) is 0 Å². The van der Waals surface area contributed by atoms with Crippen LogP contribution in [0.25, 0.3) is 0 Å². The van der Waals surface area contributed by atoms with Crippen LogP contribution in [-0.2, 0) is 6.54 Å². The Morgan fingerprint density at radius 1 is 1.79 bits per heavy atom. The molecule has 1 aliphatic rings. The Balaban J connectivity index is 2.44. The maximum absolute atomic E-state index is 8.62. The summed E-state index contributed by atoms with van der Waals surface area (Å²) < 4.78 is 1.92. The number of aryl methyl sites for hydroxylation is 1. The van der Waals surface area contributed by atoms with Gasteiger partial charge in [-0.2, -0.15) is 5.10 Å². The Hall–Kier alpha value is -1.52. The average molecular weight is 194 g/mol. The molecule has 5 heteroatoms. The van der Waals surface area contributed by atoms with E-state index < -0.39 is 0 Å². The zero-order valence-corrected chi connectivity index (χ0v) is 8.14. The smallest absolute Gasteiger partial charge is 0.173 e. The quantitative estimate of drug-likeness (QED) is 0.324. The minimum Gasteiger partial charge on any atom is -0.409 e. The number of hydrogen-bond donors (Lipinski definition) is 2. The van der Waals surface area contributed by atoms with Crippen molar-refractivity contribution in [2.75, 3.05) is 0 Å². The molecule has 0 atom stereocenters.